The van der Waals surface area contributed by atoms with Crippen molar-refractivity contribution in [3.63, 3.8) is 0 Å². The van der Waals surface area contributed by atoms with Crippen LogP contribution in [0.5, 0.6) is 0 Å². The molecule has 0 radical (unpaired) electrons. The van der Waals surface area contributed by atoms with Gasteiger partial charge in [-0.2, -0.15) is 0 Å². The van der Waals surface area contributed by atoms with Crippen molar-refractivity contribution in [3.8, 4) is 0 Å². The molecule has 2 atom stereocenters. The first-order valence-corrected chi connectivity index (χ1v) is 7.51. The monoisotopic (exact) mass is 243 g/mol. The van der Waals surface area contributed by atoms with Crippen LogP contribution in [0.1, 0.15) is 44.2 Å². The Labute approximate surface area is 111 Å². The average Bonchev–Trinajstić information content (AvgIpc) is 3.03. The Morgan fingerprint density at radius 1 is 1.33 bits per heavy atom. The molecule has 0 saturated heterocycles. The molecular formula is C17H25N. The second-order valence-corrected chi connectivity index (χ2v) is 6.62. The van der Waals surface area contributed by atoms with Crippen molar-refractivity contribution in [1.29, 1.82) is 0 Å². The molecule has 18 heavy (non-hydrogen) atoms. The summed E-state index contributed by atoms with van der Waals surface area (Å²) in [4.78, 5) is 0. The highest BCUT2D eigenvalue weighted by atomic mass is 14.9. The lowest BCUT2D eigenvalue weighted by atomic mass is 9.78. The van der Waals surface area contributed by atoms with Gasteiger partial charge in [-0.3, -0.25) is 0 Å². The van der Waals surface area contributed by atoms with Crippen molar-refractivity contribution in [2.24, 2.45) is 11.8 Å². The van der Waals surface area contributed by atoms with Gasteiger partial charge in [0, 0.05) is 0 Å². The number of hydrogen-bond donors (Lipinski definition) is 1. The molecule has 0 aliphatic heterocycles. The number of benzene rings is 1. The third kappa shape index (κ3) is 2.09. The van der Waals surface area contributed by atoms with Crippen molar-refractivity contribution in [1.82, 2.24) is 5.32 Å². The molecule has 0 heterocycles. The molecule has 1 heteroatoms. The van der Waals surface area contributed by atoms with Crippen molar-refractivity contribution < 1.29 is 0 Å². The van der Waals surface area contributed by atoms with E-state index in [2.05, 4.69) is 43.4 Å². The fourth-order valence-electron chi connectivity index (χ4n) is 3.78. The lowest BCUT2D eigenvalue weighted by molar-refractivity contribution is 0.464. The summed E-state index contributed by atoms with van der Waals surface area (Å²) in [6, 6.07) is 9.15. The molecule has 0 aromatic heterocycles. The first-order chi connectivity index (χ1) is 8.72. The first kappa shape index (κ1) is 12.2. The van der Waals surface area contributed by atoms with E-state index in [9.17, 15) is 0 Å². The van der Waals surface area contributed by atoms with Crippen molar-refractivity contribution in [2.75, 3.05) is 13.1 Å². The number of hydrogen-bond acceptors (Lipinski definition) is 1. The van der Waals surface area contributed by atoms with Crippen LogP contribution in [0.3, 0.4) is 0 Å². The molecule has 0 amide bonds. The Morgan fingerprint density at radius 3 is 3.00 bits per heavy atom. The minimum atomic E-state index is 0.554. The van der Waals surface area contributed by atoms with Crippen molar-refractivity contribution >= 4 is 0 Å². The molecule has 1 spiro atoms. The Kier molecular flexibility index (Phi) is 3.19. The molecule has 0 bridgehead atoms. The standard InChI is InChI=1S/C17H25N/c1-13(2)11-18-12-15-10-17(15)9-5-7-14-6-3-4-8-16(14)17/h3-4,6,8,13,15,18H,5,7,9-12H2,1-2H3. The predicted molar refractivity (Wildman–Crippen MR) is 76.9 cm³/mol. The largest absolute Gasteiger partial charge is 0.316 e. The second kappa shape index (κ2) is 4.70. The molecule has 98 valence electrons. The Morgan fingerprint density at radius 2 is 2.17 bits per heavy atom. The van der Waals surface area contributed by atoms with Gasteiger partial charge in [0.1, 0.15) is 0 Å². The molecular weight excluding hydrogens is 218 g/mol. The van der Waals surface area contributed by atoms with Crippen LogP contribution >= 0.6 is 0 Å². The zero-order valence-electron chi connectivity index (χ0n) is 11.7. The first-order valence-electron chi connectivity index (χ1n) is 7.51. The lowest BCUT2D eigenvalue weighted by Gasteiger charge is -2.27. The van der Waals surface area contributed by atoms with Crippen LogP contribution < -0.4 is 5.32 Å². The minimum Gasteiger partial charge on any atom is -0.316 e. The molecule has 2 aliphatic rings. The van der Waals surface area contributed by atoms with Gasteiger partial charge in [0.15, 0.2) is 0 Å². The summed E-state index contributed by atoms with van der Waals surface area (Å²) >= 11 is 0. The quantitative estimate of drug-likeness (QED) is 0.853. The van der Waals surface area contributed by atoms with Gasteiger partial charge in [-0.15, -0.1) is 0 Å². The highest BCUT2D eigenvalue weighted by molar-refractivity contribution is 5.42. The van der Waals surface area contributed by atoms with E-state index in [1.54, 1.807) is 11.1 Å². The van der Waals surface area contributed by atoms with E-state index in [-0.39, 0.29) is 0 Å². The molecule has 1 N–H and O–H groups in total. The SMILES string of the molecule is CC(C)CNCC1CC12CCCc1ccccc12. The highest BCUT2D eigenvalue weighted by Gasteiger charge is 2.55. The smallest absolute Gasteiger partial charge is 0.00000881 e. The Hall–Kier alpha value is -0.820. The topological polar surface area (TPSA) is 12.0 Å². The van der Waals surface area contributed by atoms with Gasteiger partial charge in [0.05, 0.1) is 0 Å². The summed E-state index contributed by atoms with van der Waals surface area (Å²) < 4.78 is 0. The third-order valence-electron chi connectivity index (χ3n) is 4.80. The molecule has 1 saturated carbocycles. The fraction of sp³-hybridized carbons (Fsp3) is 0.647. The van der Waals surface area contributed by atoms with Crippen molar-refractivity contribution in [2.45, 2.75) is 44.9 Å². The maximum Gasteiger partial charge on any atom is -0.00000881 e. The molecule has 1 aromatic carbocycles. The van der Waals surface area contributed by atoms with E-state index in [0.29, 0.717) is 5.41 Å². The van der Waals surface area contributed by atoms with Gasteiger partial charge in [0.25, 0.3) is 0 Å². The molecule has 1 aromatic rings. The maximum absolute atomic E-state index is 3.65. The van der Waals surface area contributed by atoms with E-state index in [1.807, 2.05) is 0 Å². The van der Waals surface area contributed by atoms with Gasteiger partial charge in [-0.05, 0) is 67.2 Å². The summed E-state index contributed by atoms with van der Waals surface area (Å²) in [5.41, 5.74) is 3.85. The van der Waals surface area contributed by atoms with E-state index in [0.717, 1.165) is 18.4 Å². The van der Waals surface area contributed by atoms with Gasteiger partial charge < -0.3 is 5.32 Å². The Balaban J connectivity index is 1.68. The summed E-state index contributed by atoms with van der Waals surface area (Å²) in [5, 5.41) is 3.65. The normalized spacial score (nSPS) is 29.6. The van der Waals surface area contributed by atoms with Gasteiger partial charge >= 0.3 is 0 Å². The predicted octanol–water partition coefficient (Wildman–Crippen LogP) is 3.53. The van der Waals surface area contributed by atoms with Crippen LogP contribution in [0.25, 0.3) is 0 Å². The summed E-state index contributed by atoms with van der Waals surface area (Å²) in [7, 11) is 0. The highest BCUT2D eigenvalue weighted by Crippen LogP contribution is 2.59. The van der Waals surface area contributed by atoms with E-state index in [4.69, 9.17) is 0 Å². The summed E-state index contributed by atoms with van der Waals surface area (Å²) in [6.07, 6.45) is 5.51. The van der Waals surface area contributed by atoms with Crippen LogP contribution in [-0.2, 0) is 11.8 Å². The van der Waals surface area contributed by atoms with Gasteiger partial charge in [-0.1, -0.05) is 38.1 Å². The van der Waals surface area contributed by atoms with Gasteiger partial charge in [0.2, 0.25) is 0 Å². The van der Waals surface area contributed by atoms with Crippen LogP contribution in [-0.4, -0.2) is 13.1 Å². The van der Waals surface area contributed by atoms with Crippen LogP contribution in [0, 0.1) is 11.8 Å². The minimum absolute atomic E-state index is 0.554. The number of fused-ring (bicyclic) bond motifs is 2. The van der Waals surface area contributed by atoms with E-state index < -0.39 is 0 Å². The lowest BCUT2D eigenvalue weighted by Crippen LogP contribution is -2.26. The Bertz CT molecular complexity index is 423. The molecule has 2 aliphatic carbocycles. The maximum atomic E-state index is 3.65. The zero-order chi connectivity index (χ0) is 12.6. The molecule has 1 fully saturated rings. The average molecular weight is 243 g/mol. The molecule has 2 unspecified atom stereocenters. The van der Waals surface area contributed by atoms with Crippen LogP contribution in [0.4, 0.5) is 0 Å². The van der Waals surface area contributed by atoms with E-state index in [1.165, 1.54) is 32.2 Å². The number of rotatable bonds is 4. The summed E-state index contributed by atoms with van der Waals surface area (Å²) in [5.74, 6) is 1.65. The van der Waals surface area contributed by atoms with Crippen LogP contribution in [0.15, 0.2) is 24.3 Å². The molecule has 3 rings (SSSR count). The second-order valence-electron chi connectivity index (χ2n) is 6.62. The zero-order valence-corrected chi connectivity index (χ0v) is 11.7. The fourth-order valence-corrected chi connectivity index (χ4v) is 3.78. The third-order valence-corrected chi connectivity index (χ3v) is 4.80. The van der Waals surface area contributed by atoms with Gasteiger partial charge in [-0.25, -0.2) is 0 Å². The van der Waals surface area contributed by atoms with E-state index >= 15 is 0 Å². The molecule has 1 nitrogen and oxygen atoms in total. The number of nitrogens with one attached hydrogen (secondary N) is 1. The van der Waals surface area contributed by atoms with Crippen molar-refractivity contribution in [3.05, 3.63) is 35.4 Å². The number of aryl methyl sites for hydroxylation is 1. The summed E-state index contributed by atoms with van der Waals surface area (Å²) in [6.45, 7) is 6.94. The van der Waals surface area contributed by atoms with Crippen LogP contribution in [0.2, 0.25) is 0 Å².